The number of carbonyl (C=O) groups excluding carboxylic acids is 1. The average Bonchev–Trinajstić information content (AvgIpc) is 3.18. The number of hydrogen-bond acceptors (Lipinski definition) is 4. The van der Waals surface area contributed by atoms with Crippen molar-refractivity contribution in [3.63, 3.8) is 0 Å². The Bertz CT molecular complexity index is 696. The summed E-state index contributed by atoms with van der Waals surface area (Å²) in [5.41, 5.74) is 0.596. The lowest BCUT2D eigenvalue weighted by molar-refractivity contribution is -0.906. The molecule has 0 spiro atoms. The van der Waals surface area contributed by atoms with Crippen LogP contribution in [-0.4, -0.2) is 71.8 Å². The van der Waals surface area contributed by atoms with Crippen molar-refractivity contribution in [1.82, 2.24) is 9.62 Å². The first kappa shape index (κ1) is 19.1. The molecule has 2 fully saturated rings. The number of sulfonamides is 1. The van der Waals surface area contributed by atoms with Gasteiger partial charge in [0.05, 0.1) is 31.2 Å². The minimum atomic E-state index is -3.54. The normalized spacial score (nSPS) is 18.8. The summed E-state index contributed by atoms with van der Waals surface area (Å²) in [5.74, 6) is 0. The molecule has 2 aliphatic rings. The van der Waals surface area contributed by atoms with Crippen LogP contribution in [0.4, 0.5) is 10.5 Å². The van der Waals surface area contributed by atoms with Crippen molar-refractivity contribution in [2.24, 2.45) is 0 Å². The van der Waals surface area contributed by atoms with E-state index in [4.69, 9.17) is 4.74 Å². The van der Waals surface area contributed by atoms with Gasteiger partial charge in [-0.25, -0.2) is 17.9 Å². The van der Waals surface area contributed by atoms with Gasteiger partial charge in [0.25, 0.3) is 0 Å². The standard InChI is InChI=1S/C17H26N4O4S/c22-17(21-8-1-2-9-21)19-15-3-5-16(6-4-15)26(23,24)18-7-10-20-11-13-25-14-12-20/h3-6,18H,1-2,7-14H2,(H,19,22)/p+1. The maximum Gasteiger partial charge on any atom is 0.321 e. The number of morpholine rings is 1. The number of quaternary nitrogens is 1. The minimum Gasteiger partial charge on any atom is -0.370 e. The zero-order chi connectivity index (χ0) is 18.4. The number of nitrogens with zero attached hydrogens (tertiary/aromatic N) is 1. The smallest absolute Gasteiger partial charge is 0.321 e. The summed E-state index contributed by atoms with van der Waals surface area (Å²) in [7, 11) is -3.54. The number of anilines is 1. The number of carbonyl (C=O) groups is 1. The Morgan fingerprint density at radius 2 is 1.77 bits per heavy atom. The molecule has 9 heteroatoms. The van der Waals surface area contributed by atoms with Gasteiger partial charge in [-0.3, -0.25) is 0 Å². The van der Waals surface area contributed by atoms with Crippen molar-refractivity contribution in [2.45, 2.75) is 17.7 Å². The number of benzene rings is 1. The highest BCUT2D eigenvalue weighted by molar-refractivity contribution is 7.89. The number of rotatable bonds is 6. The number of ether oxygens (including phenoxy) is 1. The van der Waals surface area contributed by atoms with Crippen molar-refractivity contribution in [3.05, 3.63) is 24.3 Å². The molecule has 3 rings (SSSR count). The lowest BCUT2D eigenvalue weighted by Crippen LogP contribution is -3.14. The second kappa shape index (κ2) is 8.81. The molecule has 0 radical (unpaired) electrons. The molecule has 2 aliphatic heterocycles. The van der Waals surface area contributed by atoms with Gasteiger partial charge in [0.1, 0.15) is 13.1 Å². The molecule has 2 amide bonds. The first-order valence-electron chi connectivity index (χ1n) is 9.11. The van der Waals surface area contributed by atoms with E-state index in [1.54, 1.807) is 17.0 Å². The molecule has 26 heavy (non-hydrogen) atoms. The van der Waals surface area contributed by atoms with E-state index in [0.29, 0.717) is 12.2 Å². The highest BCUT2D eigenvalue weighted by atomic mass is 32.2. The van der Waals surface area contributed by atoms with E-state index >= 15 is 0 Å². The summed E-state index contributed by atoms with van der Waals surface area (Å²) in [4.78, 5) is 15.4. The summed E-state index contributed by atoms with van der Waals surface area (Å²) in [6.45, 7) is 5.96. The third-order valence-electron chi connectivity index (χ3n) is 4.78. The Kier molecular flexibility index (Phi) is 6.47. The van der Waals surface area contributed by atoms with Crippen LogP contribution in [0.3, 0.4) is 0 Å². The molecule has 0 saturated carbocycles. The van der Waals surface area contributed by atoms with Crippen LogP contribution in [0.15, 0.2) is 29.2 Å². The van der Waals surface area contributed by atoms with Crippen LogP contribution >= 0.6 is 0 Å². The van der Waals surface area contributed by atoms with E-state index in [9.17, 15) is 13.2 Å². The monoisotopic (exact) mass is 383 g/mol. The number of likely N-dealkylation sites (tertiary alicyclic amines) is 1. The van der Waals surface area contributed by atoms with Crippen LogP contribution in [-0.2, 0) is 14.8 Å². The Balaban J connectivity index is 1.50. The van der Waals surface area contributed by atoms with E-state index in [2.05, 4.69) is 10.0 Å². The maximum absolute atomic E-state index is 12.4. The van der Waals surface area contributed by atoms with Gasteiger partial charge >= 0.3 is 6.03 Å². The molecule has 144 valence electrons. The van der Waals surface area contributed by atoms with E-state index in [-0.39, 0.29) is 10.9 Å². The summed E-state index contributed by atoms with van der Waals surface area (Å²) >= 11 is 0. The molecular formula is C17H27N4O4S+. The highest BCUT2D eigenvalue weighted by Gasteiger charge is 2.19. The Labute approximate surface area is 154 Å². The third-order valence-corrected chi connectivity index (χ3v) is 6.26. The Morgan fingerprint density at radius 3 is 2.42 bits per heavy atom. The SMILES string of the molecule is O=C(Nc1ccc(S(=O)(=O)NCC[NH+]2CCOCC2)cc1)N1CCCC1. The van der Waals surface area contributed by atoms with Crippen molar-refractivity contribution in [1.29, 1.82) is 0 Å². The highest BCUT2D eigenvalue weighted by Crippen LogP contribution is 2.15. The van der Waals surface area contributed by atoms with Gasteiger partial charge < -0.3 is 19.9 Å². The fraction of sp³-hybridized carbons (Fsp3) is 0.588. The molecule has 0 unspecified atom stereocenters. The Hall–Kier alpha value is -1.68. The summed E-state index contributed by atoms with van der Waals surface area (Å²) in [6.07, 6.45) is 2.06. The minimum absolute atomic E-state index is 0.135. The van der Waals surface area contributed by atoms with Crippen LogP contribution in [0.25, 0.3) is 0 Å². The number of nitrogens with one attached hydrogen (secondary N) is 3. The second-order valence-corrected chi connectivity index (χ2v) is 8.43. The van der Waals surface area contributed by atoms with E-state index in [0.717, 1.165) is 58.8 Å². The fourth-order valence-corrected chi connectivity index (χ4v) is 4.23. The first-order chi connectivity index (χ1) is 12.5. The third kappa shape index (κ3) is 5.16. The Morgan fingerprint density at radius 1 is 1.12 bits per heavy atom. The van der Waals surface area contributed by atoms with Crippen molar-refractivity contribution < 1.29 is 22.8 Å². The zero-order valence-corrected chi connectivity index (χ0v) is 15.7. The topological polar surface area (TPSA) is 92.2 Å². The largest absolute Gasteiger partial charge is 0.370 e. The van der Waals surface area contributed by atoms with Crippen LogP contribution in [0, 0.1) is 0 Å². The van der Waals surface area contributed by atoms with Gasteiger partial charge in [-0.1, -0.05) is 0 Å². The molecule has 8 nitrogen and oxygen atoms in total. The molecule has 0 aliphatic carbocycles. The average molecular weight is 383 g/mol. The maximum atomic E-state index is 12.4. The molecular weight excluding hydrogens is 356 g/mol. The molecule has 2 saturated heterocycles. The molecule has 0 bridgehead atoms. The van der Waals surface area contributed by atoms with Crippen molar-refractivity contribution in [3.8, 4) is 0 Å². The van der Waals surface area contributed by atoms with Crippen LogP contribution in [0.1, 0.15) is 12.8 Å². The van der Waals surface area contributed by atoms with Gasteiger partial charge in [-0.2, -0.15) is 0 Å². The fourth-order valence-electron chi connectivity index (χ4n) is 3.20. The molecule has 0 atom stereocenters. The predicted octanol–water partition coefficient (Wildman–Crippen LogP) is -0.492. The molecule has 0 aromatic heterocycles. The van der Waals surface area contributed by atoms with Crippen LogP contribution in [0.2, 0.25) is 0 Å². The summed E-state index contributed by atoms with van der Waals surface area (Å²) in [6, 6.07) is 6.14. The molecule has 1 aromatic rings. The predicted molar refractivity (Wildman–Crippen MR) is 97.8 cm³/mol. The molecule has 2 heterocycles. The second-order valence-electron chi connectivity index (χ2n) is 6.66. The molecule has 3 N–H and O–H groups in total. The number of amides is 2. The first-order valence-corrected chi connectivity index (χ1v) is 10.6. The van der Waals surface area contributed by atoms with E-state index in [1.165, 1.54) is 17.0 Å². The van der Waals surface area contributed by atoms with Crippen LogP contribution in [0.5, 0.6) is 0 Å². The van der Waals surface area contributed by atoms with Gasteiger partial charge in [0.2, 0.25) is 10.0 Å². The van der Waals surface area contributed by atoms with Gasteiger partial charge in [0.15, 0.2) is 0 Å². The summed E-state index contributed by atoms with van der Waals surface area (Å²) < 4.78 is 32.7. The summed E-state index contributed by atoms with van der Waals surface area (Å²) in [5, 5.41) is 2.81. The van der Waals surface area contributed by atoms with Gasteiger partial charge in [-0.15, -0.1) is 0 Å². The lowest BCUT2D eigenvalue weighted by Gasteiger charge is -2.23. The van der Waals surface area contributed by atoms with Gasteiger partial charge in [-0.05, 0) is 37.1 Å². The van der Waals surface area contributed by atoms with Gasteiger partial charge in [0, 0.05) is 18.8 Å². The zero-order valence-electron chi connectivity index (χ0n) is 14.9. The van der Waals surface area contributed by atoms with Crippen molar-refractivity contribution in [2.75, 3.05) is 57.8 Å². The number of hydrogen-bond donors (Lipinski definition) is 3. The number of urea groups is 1. The molecule has 1 aromatic carbocycles. The lowest BCUT2D eigenvalue weighted by atomic mass is 10.3. The van der Waals surface area contributed by atoms with Crippen molar-refractivity contribution >= 4 is 21.7 Å². The van der Waals surface area contributed by atoms with E-state index < -0.39 is 10.0 Å². The quantitative estimate of drug-likeness (QED) is 0.618. The van der Waals surface area contributed by atoms with E-state index in [1.807, 2.05) is 0 Å². The van der Waals surface area contributed by atoms with Crippen LogP contribution < -0.4 is 14.9 Å².